The van der Waals surface area contributed by atoms with Crippen LogP contribution < -0.4 is 10.1 Å². The van der Waals surface area contributed by atoms with Crippen molar-refractivity contribution in [3.05, 3.63) is 65.0 Å². The zero-order valence-corrected chi connectivity index (χ0v) is 23.3. The van der Waals surface area contributed by atoms with Gasteiger partial charge in [-0.1, -0.05) is 12.1 Å². The van der Waals surface area contributed by atoms with Crippen molar-refractivity contribution in [2.45, 2.75) is 63.3 Å². The highest BCUT2D eigenvalue weighted by Crippen LogP contribution is 2.32. The summed E-state index contributed by atoms with van der Waals surface area (Å²) in [5, 5.41) is 10.9. The lowest BCUT2D eigenvalue weighted by atomic mass is 9.91. The van der Waals surface area contributed by atoms with Crippen LogP contribution in [0, 0.1) is 0 Å². The van der Waals surface area contributed by atoms with Gasteiger partial charge in [0.05, 0.1) is 6.54 Å². The van der Waals surface area contributed by atoms with Crippen LogP contribution in [0.25, 0.3) is 11.5 Å². The number of aromatic nitrogens is 2. The van der Waals surface area contributed by atoms with Gasteiger partial charge < -0.3 is 18.8 Å². The summed E-state index contributed by atoms with van der Waals surface area (Å²) in [4.78, 5) is 40.6. The Hall–Kier alpha value is -4.09. The molecule has 4 aliphatic heterocycles. The molecule has 2 atom stereocenters. The first-order chi connectivity index (χ1) is 20.5. The van der Waals surface area contributed by atoms with E-state index < -0.39 is 11.9 Å². The van der Waals surface area contributed by atoms with Gasteiger partial charge in [-0.2, -0.15) is 0 Å². The maximum Gasteiger partial charge on any atom is 0.255 e. The van der Waals surface area contributed by atoms with Gasteiger partial charge in [-0.15, -0.1) is 10.2 Å². The number of carbonyl (C=O) groups excluding carboxylic acids is 3. The number of nitrogens with zero attached hydrogens (tertiary/aromatic N) is 4. The fourth-order valence-corrected chi connectivity index (χ4v) is 6.41. The number of fused-ring (bicyclic) bond motifs is 1. The fraction of sp³-hybridized carbons (Fsp3) is 0.452. The highest BCUT2D eigenvalue weighted by atomic mass is 16.5. The van der Waals surface area contributed by atoms with Gasteiger partial charge in [0.25, 0.3) is 5.91 Å². The number of amides is 3. The fourth-order valence-electron chi connectivity index (χ4n) is 6.41. The van der Waals surface area contributed by atoms with E-state index in [1.807, 2.05) is 12.1 Å². The molecule has 4 aliphatic rings. The Bertz CT molecular complexity index is 1500. The molecule has 0 radical (unpaired) electrons. The van der Waals surface area contributed by atoms with Crippen LogP contribution >= 0.6 is 0 Å². The number of nitrogens with one attached hydrogen (secondary N) is 1. The molecule has 0 spiro atoms. The number of benzene rings is 2. The summed E-state index contributed by atoms with van der Waals surface area (Å²) >= 11 is 0. The molecule has 1 N–H and O–H groups in total. The second kappa shape index (κ2) is 11.3. The number of hydrogen-bond acceptors (Lipinski definition) is 9. The number of ether oxygens (including phenoxy) is 2. The van der Waals surface area contributed by atoms with E-state index in [-0.39, 0.29) is 24.3 Å². The molecule has 11 heteroatoms. The predicted octanol–water partition coefficient (Wildman–Crippen LogP) is 3.04. The summed E-state index contributed by atoms with van der Waals surface area (Å²) in [6.07, 6.45) is 3.53. The van der Waals surface area contributed by atoms with Gasteiger partial charge in [-0.05, 0) is 73.1 Å². The number of carbonyl (C=O) groups is 3. The summed E-state index contributed by atoms with van der Waals surface area (Å²) in [5.41, 5.74) is 3.65. The summed E-state index contributed by atoms with van der Waals surface area (Å²) < 4.78 is 17.8. The SMILES string of the molecule is O=C1CCC(N2Cc3cc(O[C@H]4CCN(Cc5nnc(-c6ccc(C7CCOCC7)cc6)o5)C4)ccc3C2=O)C(=O)N1. The van der Waals surface area contributed by atoms with Gasteiger partial charge in [0.2, 0.25) is 23.6 Å². The van der Waals surface area contributed by atoms with Crippen molar-refractivity contribution >= 4 is 17.7 Å². The number of imide groups is 1. The minimum atomic E-state index is -0.628. The molecule has 1 unspecified atom stereocenters. The molecule has 7 rings (SSSR count). The van der Waals surface area contributed by atoms with Crippen molar-refractivity contribution < 1.29 is 28.3 Å². The van der Waals surface area contributed by atoms with E-state index in [0.29, 0.717) is 48.5 Å². The highest BCUT2D eigenvalue weighted by Gasteiger charge is 2.39. The molecule has 0 saturated carbocycles. The molecule has 11 nitrogen and oxygen atoms in total. The van der Waals surface area contributed by atoms with Crippen LogP contribution in [0.2, 0.25) is 0 Å². The van der Waals surface area contributed by atoms with Crippen LogP contribution in [0.4, 0.5) is 0 Å². The molecule has 218 valence electrons. The Morgan fingerprint density at radius 3 is 2.62 bits per heavy atom. The minimum absolute atomic E-state index is 0.00786. The monoisotopic (exact) mass is 571 g/mol. The average molecular weight is 572 g/mol. The van der Waals surface area contributed by atoms with Crippen LogP contribution in [0.5, 0.6) is 5.75 Å². The minimum Gasteiger partial charge on any atom is -0.489 e. The third-order valence-electron chi connectivity index (χ3n) is 8.70. The largest absolute Gasteiger partial charge is 0.489 e. The van der Waals surface area contributed by atoms with Gasteiger partial charge in [0.1, 0.15) is 17.9 Å². The lowest BCUT2D eigenvalue weighted by molar-refractivity contribution is -0.136. The number of piperidine rings is 1. The molecule has 0 aliphatic carbocycles. The Balaban J connectivity index is 0.931. The third kappa shape index (κ3) is 5.41. The molecule has 3 amide bonds. The zero-order valence-electron chi connectivity index (χ0n) is 23.3. The van der Waals surface area contributed by atoms with E-state index in [1.165, 1.54) is 5.56 Å². The van der Waals surface area contributed by atoms with Crippen LogP contribution in [0.15, 0.2) is 46.9 Å². The van der Waals surface area contributed by atoms with E-state index >= 15 is 0 Å². The topological polar surface area (TPSA) is 127 Å². The lowest BCUT2D eigenvalue weighted by Crippen LogP contribution is -2.52. The Morgan fingerprint density at radius 2 is 1.81 bits per heavy atom. The van der Waals surface area contributed by atoms with E-state index in [1.54, 1.807) is 11.0 Å². The summed E-state index contributed by atoms with van der Waals surface area (Å²) in [6.45, 7) is 4.08. The first-order valence-corrected chi connectivity index (χ1v) is 14.7. The molecule has 5 heterocycles. The Labute approximate surface area is 243 Å². The number of hydrogen-bond donors (Lipinski definition) is 1. The molecule has 2 aromatic carbocycles. The molecule has 3 saturated heterocycles. The third-order valence-corrected chi connectivity index (χ3v) is 8.70. The van der Waals surface area contributed by atoms with Crippen molar-refractivity contribution in [1.82, 2.24) is 25.3 Å². The second-order valence-corrected chi connectivity index (χ2v) is 11.5. The highest BCUT2D eigenvalue weighted by molar-refractivity contribution is 6.05. The van der Waals surface area contributed by atoms with Gasteiger partial charge in [-0.3, -0.25) is 24.6 Å². The quantitative estimate of drug-likeness (QED) is 0.426. The van der Waals surface area contributed by atoms with Gasteiger partial charge in [0, 0.05) is 50.4 Å². The Morgan fingerprint density at radius 1 is 0.976 bits per heavy atom. The van der Waals surface area contributed by atoms with E-state index in [0.717, 1.165) is 56.7 Å². The van der Waals surface area contributed by atoms with Gasteiger partial charge in [0.15, 0.2) is 0 Å². The zero-order chi connectivity index (χ0) is 28.6. The van der Waals surface area contributed by atoms with Gasteiger partial charge in [-0.25, -0.2) is 0 Å². The van der Waals surface area contributed by atoms with Crippen molar-refractivity contribution in [2.24, 2.45) is 0 Å². The number of rotatable bonds is 7. The van der Waals surface area contributed by atoms with Crippen molar-refractivity contribution in [2.75, 3.05) is 26.3 Å². The average Bonchev–Trinajstić information content (AvgIpc) is 3.73. The first kappa shape index (κ1) is 26.8. The standard InChI is InChI=1S/C31H33N5O6/c37-27-8-7-26(29(38)32-27)36-16-22-15-23(5-6-25(22)31(36)39)41-24-9-12-35(17-24)18-28-33-34-30(42-28)21-3-1-19(2-4-21)20-10-13-40-14-11-20/h1-6,15,20,24,26H,7-14,16-18H2,(H,32,37,38)/t24-,26?/m0/s1. The number of likely N-dealkylation sites (tertiary alicyclic amines) is 1. The molecule has 1 aromatic heterocycles. The van der Waals surface area contributed by atoms with E-state index in [2.05, 4.69) is 44.7 Å². The predicted molar refractivity (Wildman–Crippen MR) is 149 cm³/mol. The van der Waals surface area contributed by atoms with Crippen LogP contribution in [-0.2, 0) is 27.4 Å². The van der Waals surface area contributed by atoms with Crippen molar-refractivity contribution in [3.63, 3.8) is 0 Å². The summed E-state index contributed by atoms with van der Waals surface area (Å²) in [5.74, 6) is 1.44. The molecular formula is C31H33N5O6. The van der Waals surface area contributed by atoms with Crippen LogP contribution in [0.3, 0.4) is 0 Å². The van der Waals surface area contributed by atoms with E-state index in [4.69, 9.17) is 13.9 Å². The maximum atomic E-state index is 13.0. The molecule has 0 bridgehead atoms. The second-order valence-electron chi connectivity index (χ2n) is 11.5. The van der Waals surface area contributed by atoms with Crippen molar-refractivity contribution in [3.8, 4) is 17.2 Å². The van der Waals surface area contributed by atoms with Crippen molar-refractivity contribution in [1.29, 1.82) is 0 Å². The smallest absolute Gasteiger partial charge is 0.255 e. The lowest BCUT2D eigenvalue weighted by Gasteiger charge is -2.29. The first-order valence-electron chi connectivity index (χ1n) is 14.7. The molecule has 3 aromatic rings. The molecular weight excluding hydrogens is 538 g/mol. The van der Waals surface area contributed by atoms with Crippen LogP contribution in [-0.4, -0.2) is 76.2 Å². The molecule has 3 fully saturated rings. The summed E-state index contributed by atoms with van der Waals surface area (Å²) in [7, 11) is 0. The van der Waals surface area contributed by atoms with Gasteiger partial charge >= 0.3 is 0 Å². The normalized spacial score (nSPS) is 23.3. The summed E-state index contributed by atoms with van der Waals surface area (Å²) in [6, 6.07) is 13.2. The molecule has 42 heavy (non-hydrogen) atoms. The maximum absolute atomic E-state index is 13.0. The van der Waals surface area contributed by atoms with Crippen LogP contribution in [0.1, 0.15) is 65.4 Å². The van der Waals surface area contributed by atoms with E-state index in [9.17, 15) is 14.4 Å². The Kier molecular flexibility index (Phi) is 7.20.